The van der Waals surface area contributed by atoms with E-state index in [9.17, 15) is 4.79 Å². The molecule has 2 aromatic carbocycles. The first-order valence-electron chi connectivity index (χ1n) is 9.84. The van der Waals surface area contributed by atoms with Gasteiger partial charge >= 0.3 is 0 Å². The summed E-state index contributed by atoms with van der Waals surface area (Å²) in [6.45, 7) is 1.06. The second-order valence-corrected chi connectivity index (χ2v) is 8.40. The van der Waals surface area contributed by atoms with E-state index in [1.807, 2.05) is 0 Å². The van der Waals surface area contributed by atoms with Crippen LogP contribution in [0.3, 0.4) is 0 Å². The minimum absolute atomic E-state index is 0.0649. The Morgan fingerprint density at radius 2 is 2.00 bits per heavy atom. The van der Waals surface area contributed by atoms with E-state index in [0.29, 0.717) is 51.6 Å². The predicted octanol–water partition coefficient (Wildman–Crippen LogP) is 4.80. The molecular formula is C22H23ClN2O5S. The molecule has 0 N–H and O–H groups in total. The molecule has 1 aliphatic heterocycles. The molecule has 4 rings (SSSR count). The van der Waals surface area contributed by atoms with Crippen molar-refractivity contribution in [2.75, 3.05) is 39.4 Å². The number of benzene rings is 2. The summed E-state index contributed by atoms with van der Waals surface area (Å²) in [5.74, 6) is 1.22. The maximum Gasteiger partial charge on any atom is 0.264 e. The number of carbonyl (C=O) groups excluding carboxylic acids is 1. The largest absolute Gasteiger partial charge is 0.494 e. The number of para-hydroxylation sites is 1. The van der Waals surface area contributed by atoms with Crippen molar-refractivity contribution in [3.63, 3.8) is 0 Å². The Balaban J connectivity index is 1.81. The third-order valence-electron chi connectivity index (χ3n) is 5.19. The van der Waals surface area contributed by atoms with E-state index >= 15 is 0 Å². The number of hydrogen-bond acceptors (Lipinski definition) is 7. The lowest BCUT2D eigenvalue weighted by Gasteiger charge is -2.24. The van der Waals surface area contributed by atoms with Crippen LogP contribution in [0.4, 0.5) is 5.13 Å². The Morgan fingerprint density at radius 1 is 1.19 bits per heavy atom. The molecule has 0 bridgehead atoms. The molecule has 3 aromatic rings. The summed E-state index contributed by atoms with van der Waals surface area (Å²) < 4.78 is 22.9. The van der Waals surface area contributed by atoms with Crippen molar-refractivity contribution in [1.29, 1.82) is 0 Å². The zero-order chi connectivity index (χ0) is 22.0. The van der Waals surface area contributed by atoms with Gasteiger partial charge in [-0.15, -0.1) is 0 Å². The minimum Gasteiger partial charge on any atom is -0.494 e. The molecule has 0 spiro atoms. The molecule has 2 heterocycles. The number of anilines is 1. The van der Waals surface area contributed by atoms with E-state index < -0.39 is 0 Å². The van der Waals surface area contributed by atoms with Gasteiger partial charge in [-0.1, -0.05) is 29.0 Å². The second kappa shape index (κ2) is 9.30. The van der Waals surface area contributed by atoms with Crippen LogP contribution in [-0.4, -0.2) is 51.5 Å². The fraction of sp³-hybridized carbons (Fsp3) is 0.364. The Labute approximate surface area is 189 Å². The van der Waals surface area contributed by atoms with Gasteiger partial charge in [0, 0.05) is 6.61 Å². The molecule has 31 heavy (non-hydrogen) atoms. The highest BCUT2D eigenvalue weighted by molar-refractivity contribution is 7.23. The quantitative estimate of drug-likeness (QED) is 0.502. The van der Waals surface area contributed by atoms with E-state index in [1.54, 1.807) is 42.3 Å². The zero-order valence-corrected chi connectivity index (χ0v) is 19.1. The summed E-state index contributed by atoms with van der Waals surface area (Å²) in [6.07, 6.45) is 1.78. The van der Waals surface area contributed by atoms with E-state index in [1.165, 1.54) is 25.6 Å². The molecule has 1 saturated heterocycles. The number of nitrogens with zero attached hydrogens (tertiary/aromatic N) is 2. The van der Waals surface area contributed by atoms with Crippen LogP contribution in [-0.2, 0) is 4.74 Å². The number of carbonyl (C=O) groups is 1. The molecule has 1 unspecified atom stereocenters. The molecule has 0 aliphatic carbocycles. The van der Waals surface area contributed by atoms with Gasteiger partial charge in [0.05, 0.1) is 49.3 Å². The van der Waals surface area contributed by atoms with Gasteiger partial charge in [0.1, 0.15) is 11.3 Å². The third-order valence-corrected chi connectivity index (χ3v) is 6.73. The predicted molar refractivity (Wildman–Crippen MR) is 121 cm³/mol. The van der Waals surface area contributed by atoms with E-state index in [2.05, 4.69) is 0 Å². The average Bonchev–Trinajstić information content (AvgIpc) is 3.47. The summed E-state index contributed by atoms with van der Waals surface area (Å²) in [5, 5.41) is 1.08. The molecule has 0 radical (unpaired) electrons. The van der Waals surface area contributed by atoms with Gasteiger partial charge in [-0.2, -0.15) is 0 Å². The van der Waals surface area contributed by atoms with Crippen LogP contribution < -0.4 is 19.1 Å². The van der Waals surface area contributed by atoms with Crippen molar-refractivity contribution in [3.05, 3.63) is 40.9 Å². The van der Waals surface area contributed by atoms with Crippen molar-refractivity contribution in [2.45, 2.75) is 18.9 Å². The summed E-state index contributed by atoms with van der Waals surface area (Å²) in [5.41, 5.74) is 1.01. The Kier molecular flexibility index (Phi) is 6.50. The Morgan fingerprint density at radius 3 is 2.68 bits per heavy atom. The molecule has 0 saturated carbocycles. The summed E-state index contributed by atoms with van der Waals surface area (Å²) in [6, 6.07) is 8.76. The first kappa shape index (κ1) is 21.7. The van der Waals surface area contributed by atoms with Crippen molar-refractivity contribution in [3.8, 4) is 17.2 Å². The van der Waals surface area contributed by atoms with Crippen LogP contribution in [0.15, 0.2) is 30.3 Å². The van der Waals surface area contributed by atoms with Gasteiger partial charge < -0.3 is 18.9 Å². The molecule has 1 amide bonds. The summed E-state index contributed by atoms with van der Waals surface area (Å²) in [4.78, 5) is 20.1. The normalized spacial score (nSPS) is 15.8. The van der Waals surface area contributed by atoms with Crippen molar-refractivity contribution in [1.82, 2.24) is 4.98 Å². The molecule has 1 aromatic heterocycles. The van der Waals surface area contributed by atoms with Crippen LogP contribution in [0.2, 0.25) is 5.02 Å². The fourth-order valence-corrected chi connectivity index (χ4v) is 4.93. The number of ether oxygens (including phenoxy) is 4. The molecule has 1 aliphatic rings. The van der Waals surface area contributed by atoms with E-state index in [-0.39, 0.29) is 12.0 Å². The van der Waals surface area contributed by atoms with Gasteiger partial charge in [-0.3, -0.25) is 9.69 Å². The SMILES string of the molecule is COc1cccc(C(=O)N(CC2CCCO2)c2nc3c(OC)ccc(Cl)c3s2)c1OC. The second-order valence-electron chi connectivity index (χ2n) is 7.02. The maximum absolute atomic E-state index is 13.7. The maximum atomic E-state index is 13.7. The number of aromatic nitrogens is 1. The van der Waals surface area contributed by atoms with Crippen molar-refractivity contribution < 1.29 is 23.7 Å². The third kappa shape index (κ3) is 4.15. The number of halogens is 1. The van der Waals surface area contributed by atoms with Crippen LogP contribution in [0.25, 0.3) is 10.2 Å². The number of rotatable bonds is 7. The molecule has 1 atom stereocenters. The van der Waals surface area contributed by atoms with Gasteiger partial charge in [0.25, 0.3) is 5.91 Å². The highest BCUT2D eigenvalue weighted by Crippen LogP contribution is 2.40. The minimum atomic E-state index is -0.250. The van der Waals surface area contributed by atoms with Crippen molar-refractivity contribution >= 4 is 44.2 Å². The van der Waals surface area contributed by atoms with Crippen LogP contribution in [0.5, 0.6) is 17.2 Å². The van der Waals surface area contributed by atoms with Gasteiger partial charge in [0.15, 0.2) is 16.6 Å². The average molecular weight is 463 g/mol. The number of hydrogen-bond donors (Lipinski definition) is 0. The van der Waals surface area contributed by atoms with E-state index in [4.69, 9.17) is 35.5 Å². The van der Waals surface area contributed by atoms with Crippen molar-refractivity contribution in [2.24, 2.45) is 0 Å². The molecule has 7 nitrogen and oxygen atoms in total. The summed E-state index contributed by atoms with van der Waals surface area (Å²) in [7, 11) is 4.64. The Hall–Kier alpha value is -2.55. The van der Waals surface area contributed by atoms with Crippen LogP contribution in [0.1, 0.15) is 23.2 Å². The van der Waals surface area contributed by atoms with E-state index in [0.717, 1.165) is 17.5 Å². The van der Waals surface area contributed by atoms with Crippen LogP contribution in [0, 0.1) is 0 Å². The molecular weight excluding hydrogens is 440 g/mol. The smallest absolute Gasteiger partial charge is 0.264 e. The first-order chi connectivity index (χ1) is 15.1. The fourth-order valence-electron chi connectivity index (χ4n) is 3.66. The highest BCUT2D eigenvalue weighted by Gasteiger charge is 2.30. The lowest BCUT2D eigenvalue weighted by molar-refractivity contribution is 0.0914. The molecule has 164 valence electrons. The monoisotopic (exact) mass is 462 g/mol. The van der Waals surface area contributed by atoms with Crippen LogP contribution >= 0.6 is 22.9 Å². The zero-order valence-electron chi connectivity index (χ0n) is 17.5. The standard InChI is InChI=1S/C22H23ClN2O5S/c1-27-16-10-9-15(23)20-18(16)24-22(31-20)25(12-13-6-5-11-30-13)21(26)14-7-4-8-17(28-2)19(14)29-3/h4,7-10,13H,5-6,11-12H2,1-3H3. The summed E-state index contributed by atoms with van der Waals surface area (Å²) >= 11 is 7.75. The molecule has 1 fully saturated rings. The topological polar surface area (TPSA) is 70.1 Å². The highest BCUT2D eigenvalue weighted by atomic mass is 35.5. The van der Waals surface area contributed by atoms with Gasteiger partial charge in [-0.25, -0.2) is 4.98 Å². The molecule has 9 heteroatoms. The Bertz CT molecular complexity index is 1100. The van der Waals surface area contributed by atoms with Gasteiger partial charge in [0.2, 0.25) is 0 Å². The first-order valence-corrected chi connectivity index (χ1v) is 11.0. The number of fused-ring (bicyclic) bond motifs is 1. The number of methoxy groups -OCH3 is 3. The lowest BCUT2D eigenvalue weighted by atomic mass is 10.1. The number of thiazole rings is 1. The van der Waals surface area contributed by atoms with Gasteiger partial charge in [-0.05, 0) is 37.1 Å². The number of amides is 1. The lowest BCUT2D eigenvalue weighted by Crippen LogP contribution is -2.37.